The van der Waals surface area contributed by atoms with Crippen molar-refractivity contribution in [3.63, 3.8) is 0 Å². The number of hydrogen-bond donors (Lipinski definition) is 2. The molecule has 0 aromatic heterocycles. The quantitative estimate of drug-likeness (QED) is 0.362. The van der Waals surface area contributed by atoms with Crippen LogP contribution < -0.4 is 10.2 Å². The average molecular weight is 449 g/mol. The van der Waals surface area contributed by atoms with E-state index in [4.69, 9.17) is 23.2 Å². The van der Waals surface area contributed by atoms with Crippen molar-refractivity contribution in [1.82, 2.24) is 9.96 Å². The molecule has 30 heavy (non-hydrogen) atoms. The Hall–Kier alpha value is -2.74. The second-order valence-electron chi connectivity index (χ2n) is 7.34. The van der Waals surface area contributed by atoms with Crippen molar-refractivity contribution in [3.8, 4) is 0 Å². The number of amides is 4. The lowest BCUT2D eigenvalue weighted by Gasteiger charge is -2.38. The zero-order valence-electron chi connectivity index (χ0n) is 16.5. The molecule has 1 unspecified atom stereocenters. The van der Waals surface area contributed by atoms with Crippen molar-refractivity contribution in [2.24, 2.45) is 0 Å². The van der Waals surface area contributed by atoms with E-state index >= 15 is 0 Å². The maximum Gasteiger partial charge on any atom is 0.347 e. The number of nitrogens with zero attached hydrogens (tertiary/aromatic N) is 3. The molecule has 1 saturated heterocycles. The van der Waals surface area contributed by atoms with Crippen molar-refractivity contribution >= 4 is 46.6 Å². The predicted octanol–water partition coefficient (Wildman–Crippen LogP) is 5.45. The van der Waals surface area contributed by atoms with Crippen LogP contribution in [0, 0.1) is 0 Å². The van der Waals surface area contributed by atoms with Gasteiger partial charge in [-0.15, -0.1) is 6.58 Å². The van der Waals surface area contributed by atoms with Crippen LogP contribution in [-0.2, 0) is 0 Å². The first-order valence-corrected chi connectivity index (χ1v) is 9.94. The van der Waals surface area contributed by atoms with Gasteiger partial charge in [-0.2, -0.15) is 5.06 Å². The molecule has 0 spiro atoms. The molecule has 2 N–H and O–H groups in total. The van der Waals surface area contributed by atoms with E-state index in [0.717, 1.165) is 0 Å². The number of rotatable bonds is 5. The zero-order chi connectivity index (χ0) is 22.1. The number of hydrogen-bond acceptors (Lipinski definition) is 3. The second kappa shape index (κ2) is 8.55. The van der Waals surface area contributed by atoms with Gasteiger partial charge in [0, 0.05) is 28.0 Å². The molecule has 1 aliphatic rings. The van der Waals surface area contributed by atoms with Crippen molar-refractivity contribution in [2.45, 2.75) is 25.6 Å². The molecule has 0 aliphatic carbocycles. The standard InChI is InChI=1S/C21H22Cl2N4O3/c1-4-11-25-20(29)26(17-10-6-8-15(23)13-17)18(21(25,2)3)27(30)19(28)24-16-9-5-7-14(22)12-16/h4-10,12-13,18,30H,1,11H2,2-3H3,(H,24,28). The van der Waals surface area contributed by atoms with E-state index in [0.29, 0.717) is 26.5 Å². The van der Waals surface area contributed by atoms with Crippen LogP contribution in [0.3, 0.4) is 0 Å². The van der Waals surface area contributed by atoms with Gasteiger partial charge in [-0.3, -0.25) is 10.1 Å². The smallest absolute Gasteiger partial charge is 0.311 e. The Kier molecular flexibility index (Phi) is 6.26. The number of benzene rings is 2. The lowest BCUT2D eigenvalue weighted by molar-refractivity contribution is -0.0941. The van der Waals surface area contributed by atoms with Gasteiger partial charge in [0.1, 0.15) is 0 Å². The van der Waals surface area contributed by atoms with Crippen molar-refractivity contribution < 1.29 is 14.8 Å². The van der Waals surface area contributed by atoms with Crippen LogP contribution in [0.5, 0.6) is 0 Å². The summed E-state index contributed by atoms with van der Waals surface area (Å²) in [7, 11) is 0. The fourth-order valence-electron chi connectivity index (χ4n) is 3.52. The van der Waals surface area contributed by atoms with Crippen LogP contribution in [0.15, 0.2) is 61.2 Å². The monoisotopic (exact) mass is 448 g/mol. The molecule has 4 amide bonds. The third kappa shape index (κ3) is 4.09. The van der Waals surface area contributed by atoms with Crippen LogP contribution in [-0.4, -0.2) is 45.5 Å². The third-order valence-electron chi connectivity index (χ3n) is 4.92. The van der Waals surface area contributed by atoms with Crippen LogP contribution in [0.1, 0.15) is 13.8 Å². The number of nitrogens with one attached hydrogen (secondary N) is 1. The van der Waals surface area contributed by atoms with Gasteiger partial charge in [0.25, 0.3) is 0 Å². The summed E-state index contributed by atoms with van der Waals surface area (Å²) in [5, 5.41) is 14.9. The summed E-state index contributed by atoms with van der Waals surface area (Å²) >= 11 is 12.1. The second-order valence-corrected chi connectivity index (χ2v) is 8.22. The molecule has 1 heterocycles. The molecule has 7 nitrogen and oxygen atoms in total. The fourth-order valence-corrected chi connectivity index (χ4v) is 3.90. The largest absolute Gasteiger partial charge is 0.347 e. The van der Waals surface area contributed by atoms with Crippen LogP contribution in [0.2, 0.25) is 10.0 Å². The number of hydroxylamine groups is 2. The average Bonchev–Trinajstić information content (AvgIpc) is 2.88. The van der Waals surface area contributed by atoms with E-state index in [1.54, 1.807) is 68.5 Å². The Balaban J connectivity index is 1.99. The van der Waals surface area contributed by atoms with Gasteiger partial charge >= 0.3 is 12.1 Å². The lowest BCUT2D eigenvalue weighted by atomic mass is 10.00. The number of urea groups is 2. The first kappa shape index (κ1) is 22.0. The Morgan fingerprint density at radius 3 is 2.47 bits per heavy atom. The van der Waals surface area contributed by atoms with E-state index in [1.807, 2.05) is 0 Å². The minimum Gasteiger partial charge on any atom is -0.311 e. The van der Waals surface area contributed by atoms with Crippen molar-refractivity contribution in [1.29, 1.82) is 0 Å². The van der Waals surface area contributed by atoms with E-state index in [1.165, 1.54) is 9.80 Å². The highest BCUT2D eigenvalue weighted by Gasteiger charge is 2.55. The van der Waals surface area contributed by atoms with Crippen LogP contribution in [0.25, 0.3) is 0 Å². The minimum atomic E-state index is -1.04. The minimum absolute atomic E-state index is 0.239. The molecule has 0 bridgehead atoms. The molecule has 9 heteroatoms. The number of carbonyl (C=O) groups excluding carboxylic acids is 2. The highest BCUT2D eigenvalue weighted by atomic mass is 35.5. The lowest BCUT2D eigenvalue weighted by Crippen LogP contribution is -2.58. The summed E-state index contributed by atoms with van der Waals surface area (Å²) in [6.07, 6.45) is 0.550. The molecule has 0 saturated carbocycles. The first-order valence-electron chi connectivity index (χ1n) is 9.18. The van der Waals surface area contributed by atoms with Gasteiger partial charge in [0.05, 0.1) is 5.54 Å². The Labute approximate surface area is 185 Å². The van der Waals surface area contributed by atoms with E-state index < -0.39 is 17.7 Å². The molecule has 3 rings (SSSR count). The Bertz CT molecular complexity index is 982. The number of anilines is 2. The van der Waals surface area contributed by atoms with Gasteiger partial charge in [0.2, 0.25) is 0 Å². The normalized spacial score (nSPS) is 17.8. The predicted molar refractivity (Wildman–Crippen MR) is 118 cm³/mol. The molecule has 2 aromatic rings. The highest BCUT2D eigenvalue weighted by Crippen LogP contribution is 2.38. The maximum absolute atomic E-state index is 13.2. The van der Waals surface area contributed by atoms with E-state index in [9.17, 15) is 14.8 Å². The third-order valence-corrected chi connectivity index (χ3v) is 5.39. The zero-order valence-corrected chi connectivity index (χ0v) is 18.1. The molecule has 1 atom stereocenters. The maximum atomic E-state index is 13.2. The van der Waals surface area contributed by atoms with Gasteiger partial charge in [0.15, 0.2) is 6.17 Å². The summed E-state index contributed by atoms with van der Waals surface area (Å²) in [6, 6.07) is 12.0. The summed E-state index contributed by atoms with van der Waals surface area (Å²) in [6.45, 7) is 7.47. The van der Waals surface area contributed by atoms with E-state index in [2.05, 4.69) is 11.9 Å². The highest BCUT2D eigenvalue weighted by molar-refractivity contribution is 6.31. The molecule has 1 fully saturated rings. The van der Waals surface area contributed by atoms with Gasteiger partial charge < -0.3 is 10.2 Å². The molecule has 2 aromatic carbocycles. The molecule has 0 radical (unpaired) electrons. The summed E-state index contributed by atoms with van der Waals surface area (Å²) < 4.78 is 0. The summed E-state index contributed by atoms with van der Waals surface area (Å²) in [4.78, 5) is 28.9. The summed E-state index contributed by atoms with van der Waals surface area (Å²) in [5.41, 5.74) is -0.0914. The Morgan fingerprint density at radius 1 is 1.23 bits per heavy atom. The van der Waals surface area contributed by atoms with Crippen LogP contribution >= 0.6 is 23.2 Å². The number of halogens is 2. The number of carbonyl (C=O) groups is 2. The molecular weight excluding hydrogens is 427 g/mol. The topological polar surface area (TPSA) is 76.1 Å². The molecule has 158 valence electrons. The van der Waals surface area contributed by atoms with Gasteiger partial charge in [-0.1, -0.05) is 41.4 Å². The Morgan fingerprint density at radius 2 is 1.87 bits per heavy atom. The van der Waals surface area contributed by atoms with Crippen molar-refractivity contribution in [2.75, 3.05) is 16.8 Å². The first-order chi connectivity index (χ1) is 14.2. The van der Waals surface area contributed by atoms with Gasteiger partial charge in [-0.25, -0.2) is 9.59 Å². The molecular formula is C21H22Cl2N4O3. The SMILES string of the molecule is C=CCN1C(=O)N(c2cccc(Cl)c2)C(N(O)C(=O)Nc2cccc(Cl)c2)C1(C)C. The fraction of sp³-hybridized carbons (Fsp3) is 0.238. The van der Waals surface area contributed by atoms with Crippen LogP contribution in [0.4, 0.5) is 21.0 Å². The summed E-state index contributed by atoms with van der Waals surface area (Å²) in [5.74, 6) is 0. The van der Waals surface area contributed by atoms with Gasteiger partial charge in [-0.05, 0) is 50.2 Å². The van der Waals surface area contributed by atoms with E-state index in [-0.39, 0.29) is 12.6 Å². The van der Waals surface area contributed by atoms with Crippen molar-refractivity contribution in [3.05, 3.63) is 71.2 Å². The molecule has 1 aliphatic heterocycles.